The quantitative estimate of drug-likeness (QED) is 0.932. The molecule has 2 aromatic rings. The van der Waals surface area contributed by atoms with Gasteiger partial charge in [-0.05, 0) is 12.3 Å². The van der Waals surface area contributed by atoms with Gasteiger partial charge in [0.15, 0.2) is 17.0 Å². The van der Waals surface area contributed by atoms with E-state index in [0.29, 0.717) is 29.0 Å². The van der Waals surface area contributed by atoms with E-state index in [9.17, 15) is 0 Å². The van der Waals surface area contributed by atoms with Gasteiger partial charge in [0.25, 0.3) is 0 Å². The van der Waals surface area contributed by atoms with E-state index in [1.54, 1.807) is 13.4 Å². The third-order valence-electron chi connectivity index (χ3n) is 4.80. The third kappa shape index (κ3) is 2.53. The molecule has 4 atom stereocenters. The average molecular weight is 314 g/mol. The first-order valence-electron chi connectivity index (χ1n) is 8.04. The Kier molecular flexibility index (Phi) is 4.18. The maximum atomic E-state index is 8.93. The normalized spacial score (nSPS) is 27.3. The van der Waals surface area contributed by atoms with Gasteiger partial charge in [0.05, 0.1) is 24.9 Å². The number of nitrogens with zero attached hydrogens (tertiary/aromatic N) is 5. The van der Waals surface area contributed by atoms with Crippen molar-refractivity contribution < 1.29 is 4.74 Å². The average Bonchev–Trinajstić information content (AvgIpc) is 3.09. The Bertz CT molecular complexity index is 749. The van der Waals surface area contributed by atoms with Crippen LogP contribution in [0, 0.1) is 23.2 Å². The van der Waals surface area contributed by atoms with Crippen LogP contribution in [0.25, 0.3) is 11.2 Å². The lowest BCUT2D eigenvalue weighted by molar-refractivity contribution is -0.0120. The molecule has 1 fully saturated rings. The molecular formula is C16H22N6O. The number of fused-ring (bicyclic) bond motifs is 1. The highest BCUT2D eigenvalue weighted by Crippen LogP contribution is 2.41. The van der Waals surface area contributed by atoms with Gasteiger partial charge in [0.1, 0.15) is 12.1 Å². The zero-order valence-corrected chi connectivity index (χ0v) is 13.9. The first kappa shape index (κ1) is 15.7. The van der Waals surface area contributed by atoms with E-state index in [-0.39, 0.29) is 18.8 Å². The minimum Gasteiger partial charge on any atom is -0.371 e. The molecule has 0 aliphatic carbocycles. The van der Waals surface area contributed by atoms with Gasteiger partial charge in [-0.3, -0.25) is 4.57 Å². The summed E-state index contributed by atoms with van der Waals surface area (Å²) in [5, 5.41) is 12.0. The molecule has 1 N–H and O–H groups in total. The van der Waals surface area contributed by atoms with Crippen LogP contribution in [0.1, 0.15) is 39.2 Å². The number of hydrogen-bond donors (Lipinski definition) is 1. The lowest BCUT2D eigenvalue weighted by Gasteiger charge is -2.18. The summed E-state index contributed by atoms with van der Waals surface area (Å²) >= 11 is 0. The Hall–Kier alpha value is -2.20. The van der Waals surface area contributed by atoms with Crippen LogP contribution in [0.4, 0.5) is 5.82 Å². The van der Waals surface area contributed by atoms with Crippen LogP contribution < -0.4 is 5.32 Å². The highest BCUT2D eigenvalue weighted by Gasteiger charge is 2.39. The minimum atomic E-state index is -0.0884. The van der Waals surface area contributed by atoms with E-state index in [0.717, 1.165) is 12.1 Å². The molecule has 3 rings (SSSR count). The summed E-state index contributed by atoms with van der Waals surface area (Å²) in [6, 6.07) is 2.10. The van der Waals surface area contributed by atoms with Crippen molar-refractivity contribution in [3.8, 4) is 6.07 Å². The standard InChI is InChI=1S/C16H22N6O/c1-5-11-9(2)10(3)16(23-11)22-8-19-13-14(18-4)20-12(6-7-17)21-15(13)22/h8-11,16H,5-6H2,1-4H3,(H,18,20,21). The predicted molar refractivity (Wildman–Crippen MR) is 86.7 cm³/mol. The molecule has 3 heterocycles. The van der Waals surface area contributed by atoms with Crippen LogP contribution in [0.2, 0.25) is 0 Å². The minimum absolute atomic E-state index is 0.0884. The molecule has 0 aromatic carbocycles. The summed E-state index contributed by atoms with van der Waals surface area (Å²) < 4.78 is 8.22. The molecule has 122 valence electrons. The van der Waals surface area contributed by atoms with Crippen LogP contribution in [-0.4, -0.2) is 32.7 Å². The summed E-state index contributed by atoms with van der Waals surface area (Å²) in [5.41, 5.74) is 1.42. The Morgan fingerprint density at radius 3 is 2.74 bits per heavy atom. The molecule has 23 heavy (non-hydrogen) atoms. The third-order valence-corrected chi connectivity index (χ3v) is 4.80. The van der Waals surface area contributed by atoms with Crippen molar-refractivity contribution >= 4 is 17.0 Å². The molecule has 1 aliphatic rings. The number of nitrogens with one attached hydrogen (secondary N) is 1. The zero-order valence-electron chi connectivity index (χ0n) is 13.9. The van der Waals surface area contributed by atoms with E-state index in [4.69, 9.17) is 10.00 Å². The van der Waals surface area contributed by atoms with Crippen molar-refractivity contribution in [3.63, 3.8) is 0 Å². The van der Waals surface area contributed by atoms with Crippen LogP contribution in [0.15, 0.2) is 6.33 Å². The zero-order chi connectivity index (χ0) is 16.6. The molecule has 0 spiro atoms. The van der Waals surface area contributed by atoms with E-state index in [1.807, 2.05) is 4.57 Å². The van der Waals surface area contributed by atoms with Gasteiger partial charge in [-0.1, -0.05) is 20.8 Å². The molecule has 7 heteroatoms. The van der Waals surface area contributed by atoms with Crippen molar-refractivity contribution in [3.05, 3.63) is 12.2 Å². The van der Waals surface area contributed by atoms with Gasteiger partial charge in [-0.25, -0.2) is 15.0 Å². The monoisotopic (exact) mass is 314 g/mol. The van der Waals surface area contributed by atoms with Crippen molar-refractivity contribution in [1.82, 2.24) is 19.5 Å². The van der Waals surface area contributed by atoms with Gasteiger partial charge in [-0.2, -0.15) is 5.26 Å². The van der Waals surface area contributed by atoms with E-state index in [1.165, 1.54) is 0 Å². The Morgan fingerprint density at radius 1 is 1.35 bits per heavy atom. The van der Waals surface area contributed by atoms with E-state index < -0.39 is 0 Å². The van der Waals surface area contributed by atoms with Gasteiger partial charge in [0, 0.05) is 13.0 Å². The van der Waals surface area contributed by atoms with Crippen molar-refractivity contribution in [2.24, 2.45) is 11.8 Å². The molecule has 1 aliphatic heterocycles. The first-order chi connectivity index (χ1) is 11.1. The Morgan fingerprint density at radius 2 is 2.13 bits per heavy atom. The van der Waals surface area contributed by atoms with E-state index in [2.05, 4.69) is 47.1 Å². The first-order valence-corrected chi connectivity index (χ1v) is 8.04. The number of imidazole rings is 1. The van der Waals surface area contributed by atoms with Crippen molar-refractivity contribution in [2.75, 3.05) is 12.4 Å². The van der Waals surface area contributed by atoms with Gasteiger partial charge >= 0.3 is 0 Å². The van der Waals surface area contributed by atoms with Crippen molar-refractivity contribution in [1.29, 1.82) is 5.26 Å². The second-order valence-electron chi connectivity index (χ2n) is 6.09. The fraction of sp³-hybridized carbons (Fsp3) is 0.625. The van der Waals surface area contributed by atoms with Gasteiger partial charge in [-0.15, -0.1) is 0 Å². The second-order valence-corrected chi connectivity index (χ2v) is 6.09. The lowest BCUT2D eigenvalue weighted by Crippen LogP contribution is -2.16. The highest BCUT2D eigenvalue weighted by atomic mass is 16.5. The summed E-state index contributed by atoms with van der Waals surface area (Å²) in [7, 11) is 1.79. The molecule has 2 aromatic heterocycles. The van der Waals surface area contributed by atoms with Crippen molar-refractivity contribution in [2.45, 2.75) is 45.9 Å². The molecule has 0 amide bonds. The maximum absolute atomic E-state index is 8.93. The Balaban J connectivity index is 2.08. The van der Waals surface area contributed by atoms with Gasteiger partial charge in [0.2, 0.25) is 0 Å². The number of nitriles is 1. The SMILES string of the molecule is CCC1OC(n2cnc3c(NC)nc(CC#N)nc32)C(C)C1C. The smallest absolute Gasteiger partial charge is 0.167 e. The van der Waals surface area contributed by atoms with Crippen LogP contribution in [0.3, 0.4) is 0 Å². The Labute approximate surface area is 135 Å². The molecule has 1 saturated heterocycles. The molecule has 0 bridgehead atoms. The largest absolute Gasteiger partial charge is 0.371 e. The molecular weight excluding hydrogens is 292 g/mol. The summed E-state index contributed by atoms with van der Waals surface area (Å²) in [5.74, 6) is 1.98. The predicted octanol–water partition coefficient (Wildman–Crippen LogP) is 2.51. The highest BCUT2D eigenvalue weighted by molar-refractivity contribution is 5.83. The summed E-state index contributed by atoms with van der Waals surface area (Å²) in [4.78, 5) is 13.3. The van der Waals surface area contributed by atoms with Crippen LogP contribution in [0.5, 0.6) is 0 Å². The molecule has 0 radical (unpaired) electrons. The molecule has 0 saturated carbocycles. The number of anilines is 1. The second kappa shape index (κ2) is 6.13. The molecule has 4 unspecified atom stereocenters. The number of rotatable bonds is 4. The topological polar surface area (TPSA) is 88.6 Å². The van der Waals surface area contributed by atoms with Crippen LogP contribution in [-0.2, 0) is 11.2 Å². The summed E-state index contributed by atoms with van der Waals surface area (Å²) in [6.45, 7) is 6.58. The fourth-order valence-corrected chi connectivity index (χ4v) is 3.28. The van der Waals surface area contributed by atoms with Crippen LogP contribution >= 0.6 is 0 Å². The number of ether oxygens (including phenoxy) is 1. The number of aromatic nitrogens is 4. The lowest BCUT2D eigenvalue weighted by atomic mass is 9.91. The van der Waals surface area contributed by atoms with E-state index >= 15 is 0 Å². The summed E-state index contributed by atoms with van der Waals surface area (Å²) in [6.07, 6.45) is 3.09. The fourth-order valence-electron chi connectivity index (χ4n) is 3.28. The maximum Gasteiger partial charge on any atom is 0.167 e. The number of hydrogen-bond acceptors (Lipinski definition) is 6. The van der Waals surface area contributed by atoms with Gasteiger partial charge < -0.3 is 10.1 Å². The molecule has 7 nitrogen and oxygen atoms in total.